The van der Waals surface area contributed by atoms with E-state index in [2.05, 4.69) is 15.3 Å². The van der Waals surface area contributed by atoms with E-state index in [1.807, 2.05) is 12.1 Å². The Bertz CT molecular complexity index is 492. The van der Waals surface area contributed by atoms with Crippen LogP contribution >= 0.6 is 0 Å². The molecule has 1 atom stereocenters. The molecule has 0 spiro atoms. The molecular formula is C13H15N3O2. The highest BCUT2D eigenvalue weighted by Gasteiger charge is 2.23. The molecule has 3 heterocycles. The fourth-order valence-electron chi connectivity index (χ4n) is 2.16. The van der Waals surface area contributed by atoms with E-state index in [9.17, 15) is 0 Å². The molecule has 1 aliphatic heterocycles. The molecule has 3 rings (SSSR count). The van der Waals surface area contributed by atoms with Gasteiger partial charge in [-0.1, -0.05) is 0 Å². The topological polar surface area (TPSA) is 60.2 Å². The molecule has 0 bridgehead atoms. The van der Waals surface area contributed by atoms with Gasteiger partial charge in [0.2, 0.25) is 0 Å². The first-order chi connectivity index (χ1) is 8.93. The minimum Gasteiger partial charge on any atom is -0.486 e. The van der Waals surface area contributed by atoms with Crippen LogP contribution in [0.3, 0.4) is 0 Å². The molecule has 1 aliphatic rings. The molecule has 2 aromatic rings. The predicted molar refractivity (Wildman–Crippen MR) is 65.0 cm³/mol. The zero-order chi connectivity index (χ0) is 12.2. The fraction of sp³-hybridized carbons (Fsp3) is 0.385. The van der Waals surface area contributed by atoms with Gasteiger partial charge in [0, 0.05) is 6.20 Å². The second kappa shape index (κ2) is 5.18. The zero-order valence-corrected chi connectivity index (χ0v) is 10.0. The van der Waals surface area contributed by atoms with Gasteiger partial charge < -0.3 is 14.5 Å². The van der Waals surface area contributed by atoms with Crippen LogP contribution in [0.4, 0.5) is 0 Å². The number of rotatable bonds is 4. The normalized spacial score (nSPS) is 19.0. The Hall–Kier alpha value is -1.88. The monoisotopic (exact) mass is 245 g/mol. The number of ether oxygens (including phenoxy) is 1. The summed E-state index contributed by atoms with van der Waals surface area (Å²) in [5.74, 6) is 1.64. The van der Waals surface area contributed by atoms with Crippen molar-refractivity contribution in [2.75, 3.05) is 6.54 Å². The minimum absolute atomic E-state index is 0.278. The standard InChI is InChI=1S/C13H15N3O2/c1-3-10(7-14-5-1)17-8-12-13(18-9-16-12)11-4-2-6-15-11/h1,3,5,7,9,11,15H,2,4,6,8H2/t11-/m0/s1. The van der Waals surface area contributed by atoms with Crippen LogP contribution in [0.25, 0.3) is 0 Å². The van der Waals surface area contributed by atoms with E-state index in [1.165, 1.54) is 12.8 Å². The van der Waals surface area contributed by atoms with Gasteiger partial charge >= 0.3 is 0 Å². The van der Waals surface area contributed by atoms with Crippen molar-refractivity contribution in [1.29, 1.82) is 0 Å². The number of hydrogen-bond acceptors (Lipinski definition) is 5. The third-order valence-corrected chi connectivity index (χ3v) is 3.06. The van der Waals surface area contributed by atoms with E-state index >= 15 is 0 Å². The van der Waals surface area contributed by atoms with Crippen LogP contribution < -0.4 is 10.1 Å². The highest BCUT2D eigenvalue weighted by molar-refractivity contribution is 5.18. The molecule has 0 unspecified atom stereocenters. The van der Waals surface area contributed by atoms with Crippen LogP contribution in [0.2, 0.25) is 0 Å². The number of pyridine rings is 1. The number of aromatic nitrogens is 2. The fourth-order valence-corrected chi connectivity index (χ4v) is 2.16. The van der Waals surface area contributed by atoms with Gasteiger partial charge in [-0.3, -0.25) is 4.98 Å². The third-order valence-electron chi connectivity index (χ3n) is 3.06. The van der Waals surface area contributed by atoms with Gasteiger partial charge in [-0.25, -0.2) is 4.98 Å². The van der Waals surface area contributed by atoms with Crippen molar-refractivity contribution in [3.63, 3.8) is 0 Å². The van der Waals surface area contributed by atoms with Crippen molar-refractivity contribution in [3.05, 3.63) is 42.4 Å². The number of hydrogen-bond donors (Lipinski definition) is 1. The molecule has 1 saturated heterocycles. The Kier molecular flexibility index (Phi) is 3.23. The second-order valence-electron chi connectivity index (χ2n) is 4.29. The van der Waals surface area contributed by atoms with Crippen molar-refractivity contribution in [2.45, 2.75) is 25.5 Å². The summed E-state index contributed by atoms with van der Waals surface area (Å²) in [6.07, 6.45) is 7.16. The van der Waals surface area contributed by atoms with E-state index in [4.69, 9.17) is 9.15 Å². The van der Waals surface area contributed by atoms with E-state index in [0.29, 0.717) is 6.61 Å². The number of oxazole rings is 1. The first kappa shape index (κ1) is 11.2. The van der Waals surface area contributed by atoms with Gasteiger partial charge in [0.1, 0.15) is 23.8 Å². The highest BCUT2D eigenvalue weighted by atomic mass is 16.5. The molecule has 0 aromatic carbocycles. The van der Waals surface area contributed by atoms with Crippen LogP contribution in [0.15, 0.2) is 35.3 Å². The molecule has 0 aliphatic carbocycles. The lowest BCUT2D eigenvalue weighted by molar-refractivity contribution is 0.294. The quantitative estimate of drug-likeness (QED) is 0.893. The van der Waals surface area contributed by atoms with Crippen molar-refractivity contribution in [1.82, 2.24) is 15.3 Å². The summed E-state index contributed by atoms with van der Waals surface area (Å²) >= 11 is 0. The molecule has 0 amide bonds. The average Bonchev–Trinajstić information content (AvgIpc) is 3.08. The summed E-state index contributed by atoms with van der Waals surface area (Å²) in [7, 11) is 0. The average molecular weight is 245 g/mol. The highest BCUT2D eigenvalue weighted by Crippen LogP contribution is 2.26. The van der Waals surface area contributed by atoms with Crippen LogP contribution in [0.5, 0.6) is 5.75 Å². The van der Waals surface area contributed by atoms with Crippen molar-refractivity contribution in [2.24, 2.45) is 0 Å². The van der Waals surface area contributed by atoms with Gasteiger partial charge in [0.25, 0.3) is 0 Å². The smallest absolute Gasteiger partial charge is 0.181 e. The molecule has 2 aromatic heterocycles. The maximum atomic E-state index is 5.64. The molecule has 5 nitrogen and oxygen atoms in total. The number of nitrogens with zero attached hydrogens (tertiary/aromatic N) is 2. The van der Waals surface area contributed by atoms with Crippen LogP contribution in [-0.2, 0) is 6.61 Å². The Morgan fingerprint density at radius 2 is 2.50 bits per heavy atom. The maximum Gasteiger partial charge on any atom is 0.181 e. The first-order valence-electron chi connectivity index (χ1n) is 6.12. The lowest BCUT2D eigenvalue weighted by Gasteiger charge is -2.09. The lowest BCUT2D eigenvalue weighted by Crippen LogP contribution is -2.14. The van der Waals surface area contributed by atoms with Crippen molar-refractivity contribution in [3.8, 4) is 5.75 Å². The van der Waals surface area contributed by atoms with Crippen LogP contribution in [0, 0.1) is 0 Å². The van der Waals surface area contributed by atoms with E-state index in [0.717, 1.165) is 30.2 Å². The summed E-state index contributed by atoms with van der Waals surface area (Å²) in [4.78, 5) is 8.23. The summed E-state index contributed by atoms with van der Waals surface area (Å²) < 4.78 is 11.1. The largest absolute Gasteiger partial charge is 0.486 e. The van der Waals surface area contributed by atoms with E-state index in [1.54, 1.807) is 12.4 Å². The second-order valence-corrected chi connectivity index (χ2v) is 4.29. The van der Waals surface area contributed by atoms with Gasteiger partial charge in [0.05, 0.1) is 12.2 Å². The summed E-state index contributed by atoms with van der Waals surface area (Å²) in [5, 5.41) is 3.40. The zero-order valence-electron chi connectivity index (χ0n) is 10.0. The molecule has 18 heavy (non-hydrogen) atoms. The molecule has 0 radical (unpaired) electrons. The Labute approximate surface area is 105 Å². The van der Waals surface area contributed by atoms with Crippen LogP contribution in [-0.4, -0.2) is 16.5 Å². The van der Waals surface area contributed by atoms with Gasteiger partial charge in [0.15, 0.2) is 6.39 Å². The van der Waals surface area contributed by atoms with Crippen molar-refractivity contribution < 1.29 is 9.15 Å². The molecule has 0 saturated carbocycles. The number of nitrogens with one attached hydrogen (secondary N) is 1. The van der Waals surface area contributed by atoms with Gasteiger partial charge in [-0.05, 0) is 31.5 Å². The van der Waals surface area contributed by atoms with E-state index in [-0.39, 0.29) is 6.04 Å². The molecule has 5 heteroatoms. The Balaban J connectivity index is 1.68. The SMILES string of the molecule is c1cncc(OCc2ncoc2[C@@H]2CCCN2)c1. The predicted octanol–water partition coefficient (Wildman–Crippen LogP) is 2.07. The Morgan fingerprint density at radius 1 is 1.50 bits per heavy atom. The summed E-state index contributed by atoms with van der Waals surface area (Å²) in [6.45, 7) is 1.45. The molecule has 1 N–H and O–H groups in total. The van der Waals surface area contributed by atoms with E-state index < -0.39 is 0 Å². The molecule has 1 fully saturated rings. The van der Waals surface area contributed by atoms with Gasteiger partial charge in [-0.2, -0.15) is 0 Å². The molecule has 94 valence electrons. The molecular weight excluding hydrogens is 230 g/mol. The van der Waals surface area contributed by atoms with Gasteiger partial charge in [-0.15, -0.1) is 0 Å². The van der Waals surface area contributed by atoms with Crippen molar-refractivity contribution >= 4 is 0 Å². The van der Waals surface area contributed by atoms with Crippen LogP contribution in [0.1, 0.15) is 30.3 Å². The maximum absolute atomic E-state index is 5.64. The lowest BCUT2D eigenvalue weighted by atomic mass is 10.1. The third kappa shape index (κ3) is 2.36. The first-order valence-corrected chi connectivity index (χ1v) is 6.12. The summed E-state index contributed by atoms with van der Waals surface area (Å²) in [5.41, 5.74) is 0.859. The summed E-state index contributed by atoms with van der Waals surface area (Å²) in [6, 6.07) is 4.00. The minimum atomic E-state index is 0.278. The Morgan fingerprint density at radius 3 is 3.28 bits per heavy atom.